The van der Waals surface area contributed by atoms with E-state index in [1.165, 1.54) is 12.0 Å². The van der Waals surface area contributed by atoms with E-state index in [9.17, 15) is 0 Å². The highest BCUT2D eigenvalue weighted by atomic mass is 127. The minimum atomic E-state index is 0. The predicted molar refractivity (Wildman–Crippen MR) is 120 cm³/mol. The molecular weight excluding hydrogens is 439 g/mol. The number of nitrogens with one attached hydrogen (secondary N) is 1. The van der Waals surface area contributed by atoms with Crippen molar-refractivity contribution in [3.63, 3.8) is 0 Å². The van der Waals surface area contributed by atoms with Gasteiger partial charge in [-0.2, -0.15) is 0 Å². The van der Waals surface area contributed by atoms with Gasteiger partial charge in [-0.3, -0.25) is 9.89 Å². The molecule has 0 radical (unpaired) electrons. The van der Waals surface area contributed by atoms with E-state index in [1.807, 2.05) is 18.2 Å². The summed E-state index contributed by atoms with van der Waals surface area (Å²) in [5, 5.41) is 3.43. The number of nitrogens with zero attached hydrogens (tertiary/aromatic N) is 3. The van der Waals surface area contributed by atoms with Crippen LogP contribution in [0, 0.1) is 0 Å². The molecule has 6 heteroatoms. The maximum absolute atomic E-state index is 5.74. The van der Waals surface area contributed by atoms with Gasteiger partial charge >= 0.3 is 0 Å². The summed E-state index contributed by atoms with van der Waals surface area (Å²) in [5.74, 6) is 1.03. The third-order valence-electron chi connectivity index (χ3n) is 4.74. The zero-order valence-corrected chi connectivity index (χ0v) is 18.8. The first-order valence-electron chi connectivity index (χ1n) is 9.67. The zero-order valence-electron chi connectivity index (χ0n) is 16.5. The molecular formula is C20H35IN4O. The summed E-state index contributed by atoms with van der Waals surface area (Å²) in [5.41, 5.74) is 1.21. The van der Waals surface area contributed by atoms with Gasteiger partial charge in [-0.1, -0.05) is 44.2 Å². The average molecular weight is 474 g/mol. The number of likely N-dealkylation sites (N-methyl/N-ethyl adjacent to an activating group) is 1. The Labute approximate surface area is 176 Å². The topological polar surface area (TPSA) is 40.1 Å². The van der Waals surface area contributed by atoms with Crippen molar-refractivity contribution >= 4 is 29.9 Å². The molecule has 1 saturated heterocycles. The Morgan fingerprint density at radius 3 is 2.62 bits per heavy atom. The van der Waals surface area contributed by atoms with Gasteiger partial charge in [0, 0.05) is 25.7 Å². The molecule has 5 nitrogen and oxygen atoms in total. The molecule has 0 amide bonds. The Hall–Kier alpha value is -0.860. The SMILES string of the molecule is CCNC(=NCCOCc1ccccc1)N1CCC(N(CC)CC)C1.I. The van der Waals surface area contributed by atoms with Crippen molar-refractivity contribution in [3.8, 4) is 0 Å². The quantitative estimate of drug-likeness (QED) is 0.258. The van der Waals surface area contributed by atoms with Gasteiger partial charge in [0.25, 0.3) is 0 Å². The van der Waals surface area contributed by atoms with Gasteiger partial charge in [0.2, 0.25) is 0 Å². The highest BCUT2D eigenvalue weighted by molar-refractivity contribution is 14.0. The van der Waals surface area contributed by atoms with Gasteiger partial charge < -0.3 is 15.0 Å². The number of likely N-dealkylation sites (tertiary alicyclic amines) is 1. The van der Waals surface area contributed by atoms with Gasteiger partial charge in [-0.05, 0) is 32.0 Å². The Balaban J connectivity index is 0.00000338. The maximum Gasteiger partial charge on any atom is 0.194 e. The summed E-state index contributed by atoms with van der Waals surface area (Å²) in [6.07, 6.45) is 1.22. The fourth-order valence-corrected chi connectivity index (χ4v) is 3.38. The minimum Gasteiger partial charge on any atom is -0.375 e. The molecule has 1 N–H and O–H groups in total. The molecule has 0 aliphatic carbocycles. The number of hydrogen-bond donors (Lipinski definition) is 1. The van der Waals surface area contributed by atoms with Crippen LogP contribution in [-0.4, -0.2) is 67.7 Å². The normalized spacial score (nSPS) is 17.5. The molecule has 26 heavy (non-hydrogen) atoms. The fourth-order valence-electron chi connectivity index (χ4n) is 3.38. The Kier molecular flexibility index (Phi) is 11.9. The summed E-state index contributed by atoms with van der Waals surface area (Å²) in [6.45, 7) is 13.9. The smallest absolute Gasteiger partial charge is 0.194 e. The molecule has 148 valence electrons. The van der Waals surface area contributed by atoms with Crippen LogP contribution in [0.25, 0.3) is 0 Å². The van der Waals surface area contributed by atoms with E-state index < -0.39 is 0 Å². The Bertz CT molecular complexity index is 508. The lowest BCUT2D eigenvalue weighted by molar-refractivity contribution is 0.128. The fraction of sp³-hybridized carbons (Fsp3) is 0.650. The van der Waals surface area contributed by atoms with Crippen molar-refractivity contribution in [3.05, 3.63) is 35.9 Å². The van der Waals surface area contributed by atoms with E-state index in [4.69, 9.17) is 9.73 Å². The largest absolute Gasteiger partial charge is 0.375 e. The van der Waals surface area contributed by atoms with E-state index in [-0.39, 0.29) is 24.0 Å². The van der Waals surface area contributed by atoms with Gasteiger partial charge in [-0.15, -0.1) is 24.0 Å². The number of aliphatic imine (C=N–C) groups is 1. The van der Waals surface area contributed by atoms with Crippen molar-refractivity contribution in [1.82, 2.24) is 15.1 Å². The second kappa shape index (κ2) is 13.3. The molecule has 0 aromatic heterocycles. The van der Waals surface area contributed by atoms with Crippen LogP contribution < -0.4 is 5.32 Å². The maximum atomic E-state index is 5.74. The second-order valence-electron chi connectivity index (χ2n) is 6.38. The summed E-state index contributed by atoms with van der Waals surface area (Å²) in [4.78, 5) is 9.70. The third-order valence-corrected chi connectivity index (χ3v) is 4.74. The molecule has 1 aliphatic heterocycles. The standard InChI is InChI=1S/C20H34N4O.HI/c1-4-21-20(24-14-12-19(16-24)23(5-2)6-3)22-13-15-25-17-18-10-8-7-9-11-18;/h7-11,19H,4-6,12-17H2,1-3H3,(H,21,22);1H. The minimum absolute atomic E-state index is 0. The van der Waals surface area contributed by atoms with Crippen LogP contribution in [0.15, 0.2) is 35.3 Å². The lowest BCUT2D eigenvalue weighted by Crippen LogP contribution is -2.43. The molecule has 2 rings (SSSR count). The van der Waals surface area contributed by atoms with E-state index in [2.05, 4.69) is 48.0 Å². The molecule has 1 fully saturated rings. The summed E-state index contributed by atoms with van der Waals surface area (Å²) >= 11 is 0. The first kappa shape index (κ1) is 23.2. The van der Waals surface area contributed by atoms with Crippen molar-refractivity contribution in [2.45, 2.75) is 39.8 Å². The van der Waals surface area contributed by atoms with E-state index >= 15 is 0 Å². The molecule has 1 unspecified atom stereocenters. The van der Waals surface area contributed by atoms with Gasteiger partial charge in [0.1, 0.15) is 0 Å². The molecule has 1 aromatic rings. The number of ether oxygens (including phenoxy) is 1. The first-order chi connectivity index (χ1) is 12.3. The Morgan fingerprint density at radius 1 is 1.23 bits per heavy atom. The van der Waals surface area contributed by atoms with Gasteiger partial charge in [-0.25, -0.2) is 0 Å². The molecule has 1 aromatic carbocycles. The van der Waals surface area contributed by atoms with Crippen LogP contribution in [0.1, 0.15) is 32.8 Å². The number of guanidine groups is 1. The Morgan fingerprint density at radius 2 is 1.96 bits per heavy atom. The summed E-state index contributed by atoms with van der Waals surface area (Å²) < 4.78 is 5.74. The first-order valence-corrected chi connectivity index (χ1v) is 9.67. The van der Waals surface area contributed by atoms with E-state index in [0.29, 0.717) is 25.8 Å². The van der Waals surface area contributed by atoms with Crippen LogP contribution in [0.5, 0.6) is 0 Å². The number of benzene rings is 1. The molecule has 1 aliphatic rings. The lowest BCUT2D eigenvalue weighted by atomic mass is 10.2. The van der Waals surface area contributed by atoms with Gasteiger partial charge in [0.15, 0.2) is 5.96 Å². The average Bonchev–Trinajstić information content (AvgIpc) is 3.12. The molecule has 0 spiro atoms. The highest BCUT2D eigenvalue weighted by Crippen LogP contribution is 2.15. The van der Waals surface area contributed by atoms with E-state index in [0.717, 1.165) is 38.7 Å². The van der Waals surface area contributed by atoms with Crippen LogP contribution in [0.3, 0.4) is 0 Å². The van der Waals surface area contributed by atoms with Crippen molar-refractivity contribution in [2.75, 3.05) is 45.9 Å². The molecule has 1 heterocycles. The predicted octanol–water partition coefficient (Wildman–Crippen LogP) is 3.20. The number of hydrogen-bond acceptors (Lipinski definition) is 3. The summed E-state index contributed by atoms with van der Waals surface area (Å²) in [6, 6.07) is 10.9. The van der Waals surface area contributed by atoms with Crippen molar-refractivity contribution in [2.24, 2.45) is 4.99 Å². The number of rotatable bonds is 9. The van der Waals surface area contributed by atoms with Crippen LogP contribution >= 0.6 is 24.0 Å². The van der Waals surface area contributed by atoms with E-state index in [1.54, 1.807) is 0 Å². The third kappa shape index (κ3) is 7.40. The highest BCUT2D eigenvalue weighted by Gasteiger charge is 2.27. The van der Waals surface area contributed by atoms with Crippen LogP contribution in [0.2, 0.25) is 0 Å². The van der Waals surface area contributed by atoms with Crippen LogP contribution in [-0.2, 0) is 11.3 Å². The van der Waals surface area contributed by atoms with Gasteiger partial charge in [0.05, 0.1) is 19.8 Å². The number of halogens is 1. The monoisotopic (exact) mass is 474 g/mol. The molecule has 1 atom stereocenters. The van der Waals surface area contributed by atoms with Crippen molar-refractivity contribution < 1.29 is 4.74 Å². The van der Waals surface area contributed by atoms with Crippen LogP contribution in [0.4, 0.5) is 0 Å². The lowest BCUT2D eigenvalue weighted by Gasteiger charge is -2.27. The van der Waals surface area contributed by atoms with Crippen molar-refractivity contribution in [1.29, 1.82) is 0 Å². The zero-order chi connectivity index (χ0) is 17.9. The molecule has 0 bridgehead atoms. The molecule has 0 saturated carbocycles. The summed E-state index contributed by atoms with van der Waals surface area (Å²) in [7, 11) is 0. The second-order valence-corrected chi connectivity index (χ2v) is 6.38.